The summed E-state index contributed by atoms with van der Waals surface area (Å²) < 4.78 is 36.0. The van der Waals surface area contributed by atoms with Gasteiger partial charge in [0, 0.05) is 11.0 Å². The van der Waals surface area contributed by atoms with Crippen LogP contribution in [0.25, 0.3) is 10.1 Å². The number of rotatable bonds is 9. The summed E-state index contributed by atoms with van der Waals surface area (Å²) in [6.45, 7) is 5.44. The van der Waals surface area contributed by atoms with E-state index in [2.05, 4.69) is 21.9 Å². The molecule has 1 aromatic carbocycles. The smallest absolute Gasteiger partial charge is 0.257 e. The summed E-state index contributed by atoms with van der Waals surface area (Å²) in [4.78, 5) is 12.7. The molecule has 0 fully saturated rings. The first-order chi connectivity index (χ1) is 14.9. The van der Waals surface area contributed by atoms with E-state index in [4.69, 9.17) is 17.0 Å². The van der Waals surface area contributed by atoms with Crippen LogP contribution in [0.3, 0.4) is 0 Å². The molecule has 0 radical (unpaired) electrons. The van der Waals surface area contributed by atoms with Gasteiger partial charge in [-0.25, -0.2) is 13.3 Å². The van der Waals surface area contributed by atoms with Crippen molar-refractivity contribution in [1.29, 1.82) is 0 Å². The van der Waals surface area contributed by atoms with Gasteiger partial charge in [-0.05, 0) is 38.3 Å². The van der Waals surface area contributed by atoms with Crippen LogP contribution in [0.2, 0.25) is 0 Å². The highest BCUT2D eigenvalue weighted by Crippen LogP contribution is 2.39. The highest BCUT2D eigenvalue weighted by atomic mass is 32.2. The first kappa shape index (κ1) is 24.9. The van der Waals surface area contributed by atoms with E-state index in [1.165, 1.54) is 24.5 Å². The summed E-state index contributed by atoms with van der Waals surface area (Å²) in [5.41, 5.74) is 0.315. The van der Waals surface area contributed by atoms with Crippen molar-refractivity contribution < 1.29 is 18.1 Å². The van der Waals surface area contributed by atoms with Crippen LogP contribution in [0.4, 0.5) is 4.39 Å². The molecule has 10 heteroatoms. The van der Waals surface area contributed by atoms with Crippen LogP contribution < -0.4 is 20.1 Å². The Morgan fingerprint density at radius 1 is 1.45 bits per heavy atom. The maximum atomic E-state index is 15.2. The summed E-state index contributed by atoms with van der Waals surface area (Å²) in [6, 6.07) is 4.36. The minimum absolute atomic E-state index is 0.0137. The van der Waals surface area contributed by atoms with Gasteiger partial charge in [-0.15, -0.1) is 11.3 Å². The normalized spacial score (nSPS) is 13.7. The number of ether oxygens (including phenoxy) is 1. The minimum Gasteiger partial charge on any atom is -0.495 e. The molecular weight excluding hydrogens is 457 g/mol. The van der Waals surface area contributed by atoms with Gasteiger partial charge in [-0.1, -0.05) is 36.9 Å². The fourth-order valence-electron chi connectivity index (χ4n) is 2.69. The summed E-state index contributed by atoms with van der Waals surface area (Å²) >= 11 is 6.45. The van der Waals surface area contributed by atoms with E-state index in [0.717, 1.165) is 0 Å². The van der Waals surface area contributed by atoms with Crippen LogP contribution in [0.1, 0.15) is 17.8 Å². The molecule has 6 nitrogen and oxygen atoms in total. The zero-order chi connectivity index (χ0) is 23.0. The van der Waals surface area contributed by atoms with E-state index in [1.807, 2.05) is 6.92 Å². The number of thiocarbonyl (C=S) groups is 1. The molecule has 0 aliphatic heterocycles. The molecule has 1 amide bonds. The molecule has 3 N–H and O–H groups in total. The van der Waals surface area contributed by atoms with Crippen LogP contribution in [0.5, 0.6) is 5.75 Å². The number of halogens is 1. The third-order valence-electron chi connectivity index (χ3n) is 4.21. The van der Waals surface area contributed by atoms with E-state index >= 15 is 4.39 Å². The van der Waals surface area contributed by atoms with Gasteiger partial charge < -0.3 is 10.1 Å². The second-order valence-corrected chi connectivity index (χ2v) is 9.06. The number of nitrogens with one attached hydrogen (secondary N) is 3. The Morgan fingerprint density at radius 2 is 2.19 bits per heavy atom. The van der Waals surface area contributed by atoms with E-state index < -0.39 is 28.8 Å². The molecule has 0 saturated carbocycles. The van der Waals surface area contributed by atoms with Crippen molar-refractivity contribution in [3.05, 3.63) is 65.3 Å². The molecule has 0 saturated heterocycles. The number of methoxy groups -OCH3 is 1. The molecule has 166 valence electrons. The second kappa shape index (κ2) is 11.8. The van der Waals surface area contributed by atoms with Crippen LogP contribution in [0, 0.1) is 5.82 Å². The van der Waals surface area contributed by atoms with Crippen molar-refractivity contribution in [2.75, 3.05) is 19.9 Å². The Morgan fingerprint density at radius 3 is 2.81 bits per heavy atom. The lowest BCUT2D eigenvalue weighted by atomic mass is 10.2. The number of hydrogen-bond acceptors (Lipinski definition) is 5. The largest absolute Gasteiger partial charge is 0.495 e. The molecule has 2 rings (SSSR count). The molecule has 1 heterocycles. The Labute approximate surface area is 192 Å². The first-order valence-corrected chi connectivity index (χ1v) is 11.8. The zero-order valence-corrected chi connectivity index (χ0v) is 19.8. The van der Waals surface area contributed by atoms with E-state index in [-0.39, 0.29) is 10.9 Å². The molecule has 0 aliphatic rings. The summed E-state index contributed by atoms with van der Waals surface area (Å²) in [6.07, 6.45) is 6.47. The second-order valence-electron chi connectivity index (χ2n) is 6.17. The predicted molar refractivity (Wildman–Crippen MR) is 130 cm³/mol. The Bertz CT molecular complexity index is 1060. The highest BCUT2D eigenvalue weighted by molar-refractivity contribution is 7.83. The van der Waals surface area contributed by atoms with Crippen molar-refractivity contribution in [3.8, 4) is 5.75 Å². The third kappa shape index (κ3) is 6.30. The molecular formula is C21H24FN3O3S3. The van der Waals surface area contributed by atoms with Crippen LogP contribution in [-0.2, 0) is 15.8 Å². The number of amides is 1. The molecule has 0 aliphatic carbocycles. The van der Waals surface area contributed by atoms with Crippen molar-refractivity contribution in [2.45, 2.75) is 13.0 Å². The number of fused-ring (bicyclic) bond motifs is 1. The van der Waals surface area contributed by atoms with E-state index in [9.17, 15) is 9.00 Å². The SMILES string of the molecule is C=C/C(=C\C=C/C)C(=O)NC(=S)NC(CS(=O)NC)c1sc2c(OC)cccc2c1F. The molecule has 31 heavy (non-hydrogen) atoms. The van der Waals surface area contributed by atoms with Crippen molar-refractivity contribution in [3.63, 3.8) is 0 Å². The number of hydrogen-bond donors (Lipinski definition) is 3. The average Bonchev–Trinajstić information content (AvgIpc) is 3.10. The molecule has 0 bridgehead atoms. The van der Waals surface area contributed by atoms with Gasteiger partial charge >= 0.3 is 0 Å². The van der Waals surface area contributed by atoms with Crippen LogP contribution in [-0.4, -0.2) is 35.1 Å². The monoisotopic (exact) mass is 481 g/mol. The molecule has 0 spiro atoms. The average molecular weight is 482 g/mol. The number of benzene rings is 1. The number of carbonyl (C=O) groups excluding carboxylic acids is 1. The topological polar surface area (TPSA) is 79.5 Å². The lowest BCUT2D eigenvalue weighted by Crippen LogP contribution is -2.43. The van der Waals surface area contributed by atoms with Crippen molar-refractivity contribution in [2.24, 2.45) is 0 Å². The van der Waals surface area contributed by atoms with Gasteiger partial charge in [0.2, 0.25) is 0 Å². The van der Waals surface area contributed by atoms with Gasteiger partial charge in [-0.2, -0.15) is 0 Å². The molecule has 2 unspecified atom stereocenters. The van der Waals surface area contributed by atoms with Crippen molar-refractivity contribution >= 4 is 55.6 Å². The minimum atomic E-state index is -1.45. The lowest BCUT2D eigenvalue weighted by Gasteiger charge is -2.19. The van der Waals surface area contributed by atoms with Gasteiger partial charge in [0.25, 0.3) is 5.91 Å². The molecule has 2 aromatic rings. The zero-order valence-electron chi connectivity index (χ0n) is 17.4. The summed E-state index contributed by atoms with van der Waals surface area (Å²) in [7, 11) is 1.61. The Balaban J connectivity index is 2.33. The standard InChI is InChI=1S/C21H24FN3O3S3/c1-5-7-9-13(6-2)20(26)25-21(29)24-15(12-31(27)23-3)19-17(22)14-10-8-11-16(28-4)18(14)30-19/h5-11,15,23H,2,12H2,1,3-4H3,(H2,24,25,26,29)/b7-5-,13-9+. The van der Waals surface area contributed by atoms with Gasteiger partial charge in [0.05, 0.1) is 39.5 Å². The quantitative estimate of drug-likeness (QED) is 0.289. The number of allylic oxidation sites excluding steroid dienone is 3. The van der Waals surface area contributed by atoms with Crippen LogP contribution in [0.15, 0.2) is 54.7 Å². The molecule has 2 atom stereocenters. The van der Waals surface area contributed by atoms with Gasteiger partial charge in [0.1, 0.15) is 11.6 Å². The fourth-order valence-corrected chi connectivity index (χ4v) is 4.97. The van der Waals surface area contributed by atoms with Gasteiger partial charge in [-0.3, -0.25) is 10.1 Å². The fraction of sp³-hybridized carbons (Fsp3) is 0.238. The Hall–Kier alpha value is -2.40. The first-order valence-electron chi connectivity index (χ1n) is 9.24. The lowest BCUT2D eigenvalue weighted by molar-refractivity contribution is -0.115. The van der Waals surface area contributed by atoms with E-state index in [0.29, 0.717) is 26.3 Å². The Kier molecular flexibility index (Phi) is 9.50. The van der Waals surface area contributed by atoms with Crippen molar-refractivity contribution in [1.82, 2.24) is 15.4 Å². The van der Waals surface area contributed by atoms with Gasteiger partial charge in [0.15, 0.2) is 5.11 Å². The summed E-state index contributed by atoms with van der Waals surface area (Å²) in [5, 5.41) is 5.86. The number of carbonyl (C=O) groups is 1. The molecule has 1 aromatic heterocycles. The highest BCUT2D eigenvalue weighted by Gasteiger charge is 2.25. The summed E-state index contributed by atoms with van der Waals surface area (Å²) in [5.74, 6) is -0.334. The van der Waals surface area contributed by atoms with E-state index in [1.54, 1.807) is 43.5 Å². The maximum absolute atomic E-state index is 15.2. The maximum Gasteiger partial charge on any atom is 0.257 e. The predicted octanol–water partition coefficient (Wildman–Crippen LogP) is 3.65. The number of thiophene rings is 1. The van der Waals surface area contributed by atoms with Crippen LogP contribution >= 0.6 is 23.6 Å². The third-order valence-corrected chi connectivity index (χ3v) is 6.83.